The van der Waals surface area contributed by atoms with Crippen LogP contribution >= 0.6 is 0 Å². The first-order valence-electron chi connectivity index (χ1n) is 9.15. The minimum Gasteiger partial charge on any atom is -0.308 e. The van der Waals surface area contributed by atoms with Crippen LogP contribution in [-0.2, 0) is 0 Å². The van der Waals surface area contributed by atoms with Gasteiger partial charge in [0.2, 0.25) is 0 Å². The van der Waals surface area contributed by atoms with Gasteiger partial charge < -0.3 is 10.2 Å². The summed E-state index contributed by atoms with van der Waals surface area (Å²) in [7, 11) is 2.27. The van der Waals surface area contributed by atoms with Crippen molar-refractivity contribution in [1.82, 2.24) is 15.1 Å². The third-order valence-electron chi connectivity index (χ3n) is 6.29. The highest BCUT2D eigenvalue weighted by Gasteiger charge is 2.46. The van der Waals surface area contributed by atoms with E-state index in [1.165, 1.54) is 58.4 Å². The van der Waals surface area contributed by atoms with Crippen LogP contribution in [0.4, 0.5) is 0 Å². The lowest BCUT2D eigenvalue weighted by molar-refractivity contribution is 0.0312. The van der Waals surface area contributed by atoms with Crippen LogP contribution in [0.1, 0.15) is 46.5 Å². The van der Waals surface area contributed by atoms with Crippen LogP contribution in [0.25, 0.3) is 0 Å². The zero-order chi connectivity index (χ0) is 15.0. The number of nitrogens with zero attached hydrogens (tertiary/aromatic N) is 2. The van der Waals surface area contributed by atoms with Gasteiger partial charge >= 0.3 is 0 Å². The van der Waals surface area contributed by atoms with Crippen LogP contribution in [0.2, 0.25) is 0 Å². The van der Waals surface area contributed by atoms with Crippen molar-refractivity contribution < 1.29 is 0 Å². The fourth-order valence-corrected chi connectivity index (χ4v) is 4.49. The van der Waals surface area contributed by atoms with Gasteiger partial charge in [-0.15, -0.1) is 0 Å². The smallest absolute Gasteiger partial charge is 0.0309 e. The summed E-state index contributed by atoms with van der Waals surface area (Å²) in [5.74, 6) is 2.61. The van der Waals surface area contributed by atoms with E-state index in [4.69, 9.17) is 0 Å². The number of nitrogens with one attached hydrogen (secondary N) is 1. The minimum atomic E-state index is 0.386. The molecule has 3 aliphatic rings. The van der Waals surface area contributed by atoms with Crippen molar-refractivity contribution in [3.05, 3.63) is 0 Å². The Bertz CT molecular complexity index is 344. The van der Waals surface area contributed by atoms with Gasteiger partial charge in [-0.25, -0.2) is 0 Å². The molecule has 1 saturated carbocycles. The van der Waals surface area contributed by atoms with Crippen molar-refractivity contribution in [3.8, 4) is 0 Å². The van der Waals surface area contributed by atoms with Crippen LogP contribution in [-0.4, -0.2) is 61.2 Å². The van der Waals surface area contributed by atoms with Crippen molar-refractivity contribution in [3.63, 3.8) is 0 Å². The summed E-state index contributed by atoms with van der Waals surface area (Å²) in [4.78, 5) is 5.35. The molecule has 0 bridgehead atoms. The number of likely N-dealkylation sites (tertiary alicyclic amines) is 1. The second kappa shape index (κ2) is 6.17. The predicted octanol–water partition coefficient (Wildman–Crippen LogP) is 2.43. The van der Waals surface area contributed by atoms with Gasteiger partial charge in [-0.3, -0.25) is 4.90 Å². The highest BCUT2D eigenvalue weighted by Crippen LogP contribution is 2.42. The number of rotatable bonds is 4. The first-order chi connectivity index (χ1) is 9.98. The number of piperidine rings is 1. The van der Waals surface area contributed by atoms with E-state index in [0.29, 0.717) is 5.54 Å². The van der Waals surface area contributed by atoms with Crippen molar-refractivity contribution in [1.29, 1.82) is 0 Å². The average molecular weight is 293 g/mol. The molecule has 2 aliphatic heterocycles. The molecule has 1 aliphatic carbocycles. The molecule has 3 heteroatoms. The molecule has 0 amide bonds. The maximum absolute atomic E-state index is 3.91. The lowest BCUT2D eigenvalue weighted by Gasteiger charge is -2.49. The van der Waals surface area contributed by atoms with E-state index in [1.54, 1.807) is 0 Å². The highest BCUT2D eigenvalue weighted by atomic mass is 15.3. The zero-order valence-electron chi connectivity index (χ0n) is 14.6. The van der Waals surface area contributed by atoms with E-state index < -0.39 is 0 Å². The summed E-state index contributed by atoms with van der Waals surface area (Å²) < 4.78 is 0. The lowest BCUT2D eigenvalue weighted by atomic mass is 9.86. The number of hydrogen-bond donors (Lipinski definition) is 1. The van der Waals surface area contributed by atoms with Gasteiger partial charge in [-0.1, -0.05) is 13.8 Å². The fraction of sp³-hybridized carbons (Fsp3) is 1.00. The van der Waals surface area contributed by atoms with Crippen molar-refractivity contribution in [2.75, 3.05) is 39.8 Å². The largest absolute Gasteiger partial charge is 0.308 e. The first kappa shape index (κ1) is 15.8. The first-order valence-corrected chi connectivity index (χ1v) is 9.15. The molecular weight excluding hydrogens is 258 g/mol. The zero-order valence-corrected chi connectivity index (χ0v) is 14.6. The summed E-state index contributed by atoms with van der Waals surface area (Å²) in [6.07, 6.45) is 5.67. The van der Waals surface area contributed by atoms with Gasteiger partial charge in [0.05, 0.1) is 0 Å². The Morgan fingerprint density at radius 2 is 1.81 bits per heavy atom. The number of hydrogen-bond acceptors (Lipinski definition) is 3. The topological polar surface area (TPSA) is 18.5 Å². The Labute approximate surface area is 131 Å². The van der Waals surface area contributed by atoms with Crippen molar-refractivity contribution >= 4 is 0 Å². The van der Waals surface area contributed by atoms with Crippen LogP contribution in [0.15, 0.2) is 0 Å². The van der Waals surface area contributed by atoms with E-state index in [0.717, 1.165) is 23.8 Å². The summed E-state index contributed by atoms with van der Waals surface area (Å²) in [5, 5.41) is 3.91. The summed E-state index contributed by atoms with van der Waals surface area (Å²) in [6, 6.07) is 0.733. The maximum atomic E-state index is 3.91. The molecule has 0 aromatic heterocycles. The van der Waals surface area contributed by atoms with Crippen LogP contribution in [0.3, 0.4) is 0 Å². The van der Waals surface area contributed by atoms with Gasteiger partial charge in [-0.05, 0) is 70.5 Å². The van der Waals surface area contributed by atoms with Gasteiger partial charge in [0.25, 0.3) is 0 Å². The molecule has 0 spiro atoms. The predicted molar refractivity (Wildman–Crippen MR) is 89.6 cm³/mol. The molecule has 2 unspecified atom stereocenters. The Morgan fingerprint density at radius 1 is 1.14 bits per heavy atom. The molecular formula is C18H35N3. The van der Waals surface area contributed by atoms with Gasteiger partial charge in [-0.2, -0.15) is 0 Å². The third-order valence-corrected chi connectivity index (χ3v) is 6.29. The van der Waals surface area contributed by atoms with Crippen LogP contribution < -0.4 is 5.32 Å². The Balaban J connectivity index is 1.63. The van der Waals surface area contributed by atoms with Crippen molar-refractivity contribution in [2.24, 2.45) is 17.8 Å². The lowest BCUT2D eigenvalue weighted by Crippen LogP contribution is -2.65. The van der Waals surface area contributed by atoms with Crippen LogP contribution in [0.5, 0.6) is 0 Å². The minimum absolute atomic E-state index is 0.386. The van der Waals surface area contributed by atoms with Crippen molar-refractivity contribution in [2.45, 2.75) is 58.0 Å². The molecule has 0 aromatic carbocycles. The Morgan fingerprint density at radius 3 is 2.38 bits per heavy atom. The molecule has 2 heterocycles. The van der Waals surface area contributed by atoms with E-state index in [2.05, 4.69) is 42.9 Å². The van der Waals surface area contributed by atoms with Gasteiger partial charge in [0.15, 0.2) is 0 Å². The molecule has 0 aromatic rings. The molecule has 3 rings (SSSR count). The molecule has 21 heavy (non-hydrogen) atoms. The molecule has 3 fully saturated rings. The fourth-order valence-electron chi connectivity index (χ4n) is 4.49. The third kappa shape index (κ3) is 3.62. The molecule has 3 nitrogen and oxygen atoms in total. The standard InChI is InChI=1S/C18H35N3/c1-14(2)17-11-19-18(3,16-5-6-16)13-21(17)12-15-7-9-20(4)10-8-15/h14-17,19H,5-13H2,1-4H3. The average Bonchev–Trinajstić information content (AvgIpc) is 3.26. The van der Waals surface area contributed by atoms with Gasteiger partial charge in [0.1, 0.15) is 0 Å². The van der Waals surface area contributed by atoms with E-state index in [-0.39, 0.29) is 0 Å². The molecule has 0 radical (unpaired) electrons. The molecule has 2 saturated heterocycles. The summed E-state index contributed by atoms with van der Waals surface area (Å²) in [5.41, 5.74) is 0.386. The van der Waals surface area contributed by atoms with E-state index in [9.17, 15) is 0 Å². The van der Waals surface area contributed by atoms with E-state index >= 15 is 0 Å². The maximum Gasteiger partial charge on any atom is 0.0309 e. The Hall–Kier alpha value is -0.120. The second-order valence-electron chi connectivity index (χ2n) is 8.56. The van der Waals surface area contributed by atoms with Crippen LogP contribution in [0, 0.1) is 17.8 Å². The Kier molecular flexibility index (Phi) is 4.63. The summed E-state index contributed by atoms with van der Waals surface area (Å²) >= 11 is 0. The second-order valence-corrected chi connectivity index (χ2v) is 8.56. The SMILES string of the molecule is CC(C)C1CNC(C)(C2CC2)CN1CC1CCN(C)CC1. The normalized spacial score (nSPS) is 37.3. The summed E-state index contributed by atoms with van der Waals surface area (Å²) in [6.45, 7) is 13.7. The quantitative estimate of drug-likeness (QED) is 0.859. The highest BCUT2D eigenvalue weighted by molar-refractivity contribution is 5.04. The molecule has 1 N–H and O–H groups in total. The van der Waals surface area contributed by atoms with E-state index in [1.807, 2.05) is 0 Å². The molecule has 2 atom stereocenters. The molecule has 122 valence electrons. The monoisotopic (exact) mass is 293 g/mol. The number of piperazine rings is 1. The van der Waals surface area contributed by atoms with Gasteiger partial charge in [0, 0.05) is 31.2 Å².